The van der Waals surface area contributed by atoms with Gasteiger partial charge < -0.3 is 9.84 Å². The fourth-order valence-corrected chi connectivity index (χ4v) is 1.59. The Morgan fingerprint density at radius 3 is 2.71 bits per heavy atom. The van der Waals surface area contributed by atoms with Crippen molar-refractivity contribution in [2.24, 2.45) is 0 Å². The lowest BCUT2D eigenvalue weighted by atomic mass is 10.1. The van der Waals surface area contributed by atoms with Crippen LogP contribution >= 0.6 is 0 Å². The van der Waals surface area contributed by atoms with Crippen LogP contribution in [0.25, 0.3) is 0 Å². The van der Waals surface area contributed by atoms with Crippen molar-refractivity contribution >= 4 is 0 Å². The summed E-state index contributed by atoms with van der Waals surface area (Å²) in [7, 11) is 1.86. The van der Waals surface area contributed by atoms with E-state index in [1.165, 1.54) is 0 Å². The van der Waals surface area contributed by atoms with Crippen LogP contribution in [0.4, 0.5) is 0 Å². The van der Waals surface area contributed by atoms with Crippen LogP contribution in [0.1, 0.15) is 43.1 Å². The Hall–Kier alpha value is -1.75. The minimum Gasteiger partial charge on any atom is -0.339 e. The molecule has 0 aromatic carbocycles. The van der Waals surface area contributed by atoms with E-state index >= 15 is 0 Å². The van der Waals surface area contributed by atoms with Gasteiger partial charge in [0.2, 0.25) is 5.89 Å². The van der Waals surface area contributed by atoms with Gasteiger partial charge in [0.1, 0.15) is 0 Å². The lowest BCUT2D eigenvalue weighted by Gasteiger charge is -2.11. The average molecular weight is 232 g/mol. The summed E-state index contributed by atoms with van der Waals surface area (Å²) in [6, 6.07) is 3.79. The summed E-state index contributed by atoms with van der Waals surface area (Å²) in [5, 5.41) is 7.17. The van der Waals surface area contributed by atoms with E-state index in [0.29, 0.717) is 11.7 Å². The van der Waals surface area contributed by atoms with Crippen LogP contribution in [0.2, 0.25) is 0 Å². The molecule has 0 bridgehead atoms. The predicted octanol–water partition coefficient (Wildman–Crippen LogP) is 1.90. The maximum Gasteiger partial charge on any atom is 0.229 e. The molecule has 0 aliphatic heterocycles. The van der Waals surface area contributed by atoms with Gasteiger partial charge >= 0.3 is 0 Å². The first-order valence-corrected chi connectivity index (χ1v) is 5.63. The number of rotatable bonds is 4. The molecule has 2 heterocycles. The molecular weight excluding hydrogens is 216 g/mol. The summed E-state index contributed by atoms with van der Waals surface area (Å²) < 4.78 is 5.21. The van der Waals surface area contributed by atoms with Crippen molar-refractivity contribution in [1.29, 1.82) is 0 Å². The summed E-state index contributed by atoms with van der Waals surface area (Å²) in [6.45, 7) is 4.05. The van der Waals surface area contributed by atoms with Crippen molar-refractivity contribution in [3.05, 3.63) is 41.8 Å². The van der Waals surface area contributed by atoms with Crippen molar-refractivity contribution in [2.45, 2.75) is 25.8 Å². The number of hydrogen-bond donors (Lipinski definition) is 1. The Balaban J connectivity index is 2.29. The predicted molar refractivity (Wildman–Crippen MR) is 63.5 cm³/mol. The van der Waals surface area contributed by atoms with Gasteiger partial charge in [-0.1, -0.05) is 25.1 Å². The van der Waals surface area contributed by atoms with Gasteiger partial charge in [-0.05, 0) is 18.7 Å². The highest BCUT2D eigenvalue weighted by Crippen LogP contribution is 2.20. The minimum atomic E-state index is -0.0834. The molecule has 1 unspecified atom stereocenters. The molecule has 1 N–H and O–H groups in total. The van der Waals surface area contributed by atoms with Crippen molar-refractivity contribution in [1.82, 2.24) is 20.4 Å². The van der Waals surface area contributed by atoms with E-state index in [4.69, 9.17) is 4.52 Å². The van der Waals surface area contributed by atoms with E-state index in [0.717, 1.165) is 5.56 Å². The lowest BCUT2D eigenvalue weighted by Crippen LogP contribution is -2.19. The van der Waals surface area contributed by atoms with Crippen LogP contribution in [-0.4, -0.2) is 22.2 Å². The van der Waals surface area contributed by atoms with Gasteiger partial charge in [-0.3, -0.25) is 4.98 Å². The summed E-state index contributed by atoms with van der Waals surface area (Å²) in [4.78, 5) is 8.48. The topological polar surface area (TPSA) is 63.8 Å². The number of aromatic nitrogens is 3. The number of nitrogens with zero attached hydrogens (tertiary/aromatic N) is 3. The molecule has 0 spiro atoms. The fraction of sp³-hybridized carbons (Fsp3) is 0.417. The molecule has 90 valence electrons. The molecule has 5 heteroatoms. The highest BCUT2D eigenvalue weighted by molar-refractivity contribution is 5.20. The molecule has 0 aliphatic rings. The van der Waals surface area contributed by atoms with Gasteiger partial charge in [0.25, 0.3) is 0 Å². The number of nitrogens with one attached hydrogen (secondary N) is 1. The first-order valence-electron chi connectivity index (χ1n) is 5.63. The van der Waals surface area contributed by atoms with Crippen LogP contribution in [-0.2, 0) is 0 Å². The second-order valence-electron chi connectivity index (χ2n) is 4.15. The normalized spacial score (nSPS) is 12.9. The number of pyridine rings is 1. The Kier molecular flexibility index (Phi) is 3.49. The average Bonchev–Trinajstić information content (AvgIpc) is 2.81. The minimum absolute atomic E-state index is 0.0834. The van der Waals surface area contributed by atoms with E-state index in [1.54, 1.807) is 12.4 Å². The molecule has 0 saturated heterocycles. The molecule has 0 fully saturated rings. The molecule has 2 aromatic rings. The van der Waals surface area contributed by atoms with E-state index in [2.05, 4.69) is 20.4 Å². The first-order chi connectivity index (χ1) is 8.22. The summed E-state index contributed by atoms with van der Waals surface area (Å²) >= 11 is 0. The van der Waals surface area contributed by atoms with Crippen LogP contribution in [0.15, 0.2) is 29.0 Å². The van der Waals surface area contributed by atoms with Crippen LogP contribution in [0.5, 0.6) is 0 Å². The third-order valence-electron chi connectivity index (χ3n) is 2.52. The van der Waals surface area contributed by atoms with Crippen molar-refractivity contribution in [3.8, 4) is 0 Å². The molecule has 2 aromatic heterocycles. The van der Waals surface area contributed by atoms with Crippen molar-refractivity contribution < 1.29 is 4.52 Å². The lowest BCUT2D eigenvalue weighted by molar-refractivity contribution is 0.358. The Morgan fingerprint density at radius 2 is 2.18 bits per heavy atom. The smallest absolute Gasteiger partial charge is 0.229 e. The molecular formula is C12H16N4O. The second-order valence-corrected chi connectivity index (χ2v) is 4.15. The number of hydrogen-bond acceptors (Lipinski definition) is 5. The Morgan fingerprint density at radius 1 is 1.35 bits per heavy atom. The SMILES string of the molecule is CNC(c1cccnc1)c1noc(C(C)C)n1. The van der Waals surface area contributed by atoms with Crippen LogP contribution in [0, 0.1) is 0 Å². The van der Waals surface area contributed by atoms with Gasteiger partial charge in [0.05, 0.1) is 6.04 Å². The zero-order valence-electron chi connectivity index (χ0n) is 10.2. The third-order valence-corrected chi connectivity index (χ3v) is 2.52. The molecule has 5 nitrogen and oxygen atoms in total. The highest BCUT2D eigenvalue weighted by Gasteiger charge is 2.19. The monoisotopic (exact) mass is 232 g/mol. The first kappa shape index (κ1) is 11.7. The second kappa shape index (κ2) is 5.05. The molecule has 1 atom stereocenters. The largest absolute Gasteiger partial charge is 0.339 e. The standard InChI is InChI=1S/C12H16N4O/c1-8(2)12-15-11(16-17-12)10(13-3)9-5-4-6-14-7-9/h4-8,10,13H,1-3H3. The molecule has 0 saturated carbocycles. The van der Waals surface area contributed by atoms with Gasteiger partial charge in [-0.2, -0.15) is 4.98 Å². The van der Waals surface area contributed by atoms with Gasteiger partial charge in [0, 0.05) is 18.3 Å². The van der Waals surface area contributed by atoms with Gasteiger partial charge in [-0.15, -0.1) is 0 Å². The van der Waals surface area contributed by atoms with Crippen molar-refractivity contribution in [2.75, 3.05) is 7.05 Å². The quantitative estimate of drug-likeness (QED) is 0.872. The molecule has 2 rings (SSSR count). The van der Waals surface area contributed by atoms with E-state index in [9.17, 15) is 0 Å². The van der Waals surface area contributed by atoms with Crippen molar-refractivity contribution in [3.63, 3.8) is 0 Å². The van der Waals surface area contributed by atoms with Crippen LogP contribution in [0.3, 0.4) is 0 Å². The van der Waals surface area contributed by atoms with E-state index < -0.39 is 0 Å². The summed E-state index contributed by atoms with van der Waals surface area (Å²) in [6.07, 6.45) is 3.54. The highest BCUT2D eigenvalue weighted by atomic mass is 16.5. The molecule has 17 heavy (non-hydrogen) atoms. The molecule has 0 aliphatic carbocycles. The fourth-order valence-electron chi connectivity index (χ4n) is 1.59. The Bertz CT molecular complexity index is 466. The Labute approximate surface area is 100 Å². The maximum atomic E-state index is 5.21. The molecule has 0 amide bonds. The van der Waals surface area contributed by atoms with E-state index in [1.807, 2.05) is 33.0 Å². The van der Waals surface area contributed by atoms with Gasteiger partial charge in [-0.25, -0.2) is 0 Å². The van der Waals surface area contributed by atoms with Crippen LogP contribution < -0.4 is 5.32 Å². The summed E-state index contributed by atoms with van der Waals surface area (Å²) in [5.41, 5.74) is 1.02. The molecule has 0 radical (unpaired) electrons. The maximum absolute atomic E-state index is 5.21. The van der Waals surface area contributed by atoms with E-state index in [-0.39, 0.29) is 12.0 Å². The third kappa shape index (κ3) is 2.50. The summed E-state index contributed by atoms with van der Waals surface area (Å²) in [5.74, 6) is 1.54. The zero-order chi connectivity index (χ0) is 12.3. The zero-order valence-corrected chi connectivity index (χ0v) is 10.2. The van der Waals surface area contributed by atoms with Gasteiger partial charge in [0.15, 0.2) is 5.82 Å².